The van der Waals surface area contributed by atoms with Crippen molar-refractivity contribution < 1.29 is 9.18 Å². The van der Waals surface area contributed by atoms with Gasteiger partial charge in [0, 0.05) is 23.7 Å². The predicted molar refractivity (Wildman–Crippen MR) is 100 cm³/mol. The number of aromatic nitrogens is 2. The van der Waals surface area contributed by atoms with Crippen molar-refractivity contribution in [3.63, 3.8) is 0 Å². The van der Waals surface area contributed by atoms with Gasteiger partial charge >= 0.3 is 0 Å². The van der Waals surface area contributed by atoms with E-state index in [9.17, 15) is 9.18 Å². The van der Waals surface area contributed by atoms with E-state index in [0.29, 0.717) is 15.7 Å². The zero-order valence-corrected chi connectivity index (χ0v) is 15.3. The molecule has 1 aliphatic rings. The molecule has 26 heavy (non-hydrogen) atoms. The fourth-order valence-corrected chi connectivity index (χ4v) is 3.28. The highest BCUT2D eigenvalue weighted by molar-refractivity contribution is 9.10. The number of nitrogens with zero attached hydrogens (tertiary/aromatic N) is 2. The lowest BCUT2D eigenvalue weighted by atomic mass is 10.1. The van der Waals surface area contributed by atoms with E-state index in [0.717, 1.165) is 17.5 Å². The lowest BCUT2D eigenvalue weighted by Crippen LogP contribution is -2.27. The summed E-state index contributed by atoms with van der Waals surface area (Å²) in [7, 11) is 0. The largest absolute Gasteiger partial charge is 0.349 e. The first-order valence-corrected chi connectivity index (χ1v) is 9.04. The first-order valence-electron chi connectivity index (χ1n) is 8.24. The van der Waals surface area contributed by atoms with Gasteiger partial charge in [0.05, 0.1) is 15.7 Å². The highest BCUT2D eigenvalue weighted by Crippen LogP contribution is 2.41. The molecule has 3 aromatic rings. The molecule has 1 saturated carbocycles. The van der Waals surface area contributed by atoms with E-state index in [1.165, 1.54) is 18.6 Å². The second kappa shape index (κ2) is 6.96. The average molecular weight is 412 g/mol. The van der Waals surface area contributed by atoms with E-state index in [1.54, 1.807) is 6.07 Å². The van der Waals surface area contributed by atoms with E-state index < -0.39 is 0 Å². The minimum atomic E-state index is -0.290. The number of amides is 1. The summed E-state index contributed by atoms with van der Waals surface area (Å²) in [4.78, 5) is 21.0. The van der Waals surface area contributed by atoms with Gasteiger partial charge in [-0.1, -0.05) is 36.4 Å². The summed E-state index contributed by atoms with van der Waals surface area (Å²) >= 11 is 3.16. The molecule has 1 aromatic heterocycles. The molecule has 1 amide bonds. The molecule has 0 bridgehead atoms. The maximum atomic E-state index is 13.7. The summed E-state index contributed by atoms with van der Waals surface area (Å²) in [6.07, 6.45) is 3.76. The molecular formula is C20H15BrFN3O. The van der Waals surface area contributed by atoms with Gasteiger partial charge < -0.3 is 5.32 Å². The summed E-state index contributed by atoms with van der Waals surface area (Å²) in [5.41, 5.74) is 2.79. The normalized spacial score (nSPS) is 18.4. The summed E-state index contributed by atoms with van der Waals surface area (Å²) in [5, 5.41) is 3.01. The van der Waals surface area contributed by atoms with Crippen molar-refractivity contribution in [1.82, 2.24) is 15.3 Å². The van der Waals surface area contributed by atoms with Gasteiger partial charge in [-0.25, -0.2) is 14.4 Å². The molecular weight excluding hydrogens is 397 g/mol. The Morgan fingerprint density at radius 1 is 1.19 bits per heavy atom. The summed E-state index contributed by atoms with van der Waals surface area (Å²) in [6, 6.07) is 14.6. The van der Waals surface area contributed by atoms with Crippen LogP contribution in [0.4, 0.5) is 4.39 Å². The third-order valence-electron chi connectivity index (χ3n) is 4.48. The zero-order chi connectivity index (χ0) is 18.1. The molecule has 1 fully saturated rings. The van der Waals surface area contributed by atoms with Crippen molar-refractivity contribution in [3.05, 3.63) is 82.5 Å². The van der Waals surface area contributed by atoms with E-state index >= 15 is 0 Å². The van der Waals surface area contributed by atoms with E-state index in [2.05, 4.69) is 31.2 Å². The van der Waals surface area contributed by atoms with E-state index in [4.69, 9.17) is 0 Å². The molecule has 4 rings (SSSR count). The molecule has 1 heterocycles. The summed E-state index contributed by atoms with van der Waals surface area (Å²) in [5.74, 6) is -0.372. The minimum Gasteiger partial charge on any atom is -0.349 e. The summed E-state index contributed by atoms with van der Waals surface area (Å²) in [6.45, 7) is 0. The lowest BCUT2D eigenvalue weighted by molar-refractivity contribution is 0.0950. The number of nitrogens with one attached hydrogen (secondary N) is 1. The average Bonchev–Trinajstić information content (AvgIpc) is 3.44. The predicted octanol–water partition coefficient (Wildman–Crippen LogP) is 4.33. The quantitative estimate of drug-likeness (QED) is 0.694. The van der Waals surface area contributed by atoms with Crippen molar-refractivity contribution in [3.8, 4) is 11.3 Å². The van der Waals surface area contributed by atoms with Crippen molar-refractivity contribution in [2.75, 3.05) is 0 Å². The number of halogens is 2. The Bertz CT molecular complexity index is 964. The SMILES string of the molecule is O=C(N[C@@H]1C[C@H]1c1ccc(Br)c(F)c1)c1cncnc1-c1ccccc1. The Balaban J connectivity index is 1.51. The first kappa shape index (κ1) is 16.8. The van der Waals surface area contributed by atoms with E-state index in [1.807, 2.05) is 36.4 Å². The topological polar surface area (TPSA) is 54.9 Å². The highest BCUT2D eigenvalue weighted by Gasteiger charge is 2.40. The van der Waals surface area contributed by atoms with Gasteiger partial charge in [-0.3, -0.25) is 4.79 Å². The first-order chi connectivity index (χ1) is 12.6. The Kier molecular flexibility index (Phi) is 4.51. The Labute approximate surface area is 158 Å². The van der Waals surface area contributed by atoms with Crippen molar-refractivity contribution in [2.45, 2.75) is 18.4 Å². The molecule has 0 aliphatic heterocycles. The highest BCUT2D eigenvalue weighted by atomic mass is 79.9. The summed E-state index contributed by atoms with van der Waals surface area (Å²) < 4.78 is 14.2. The van der Waals surface area contributed by atoms with Crippen LogP contribution in [-0.4, -0.2) is 21.9 Å². The fourth-order valence-electron chi connectivity index (χ4n) is 3.03. The van der Waals surface area contributed by atoms with Gasteiger partial charge in [0.1, 0.15) is 12.1 Å². The monoisotopic (exact) mass is 411 g/mol. The van der Waals surface area contributed by atoms with Crippen LogP contribution < -0.4 is 5.32 Å². The fraction of sp³-hybridized carbons (Fsp3) is 0.150. The second-order valence-electron chi connectivity index (χ2n) is 6.25. The molecule has 2 atom stereocenters. The van der Waals surface area contributed by atoms with Crippen LogP contribution in [0.3, 0.4) is 0 Å². The molecule has 6 heteroatoms. The van der Waals surface area contributed by atoms with Crippen LogP contribution in [-0.2, 0) is 0 Å². The van der Waals surface area contributed by atoms with Crippen molar-refractivity contribution in [1.29, 1.82) is 0 Å². The Morgan fingerprint density at radius 2 is 2.00 bits per heavy atom. The Hall–Kier alpha value is -2.60. The van der Waals surface area contributed by atoms with Crippen molar-refractivity contribution in [2.24, 2.45) is 0 Å². The number of carbonyl (C=O) groups is 1. The molecule has 0 saturated heterocycles. The Morgan fingerprint density at radius 3 is 2.77 bits per heavy atom. The number of hydrogen-bond acceptors (Lipinski definition) is 3. The number of carbonyl (C=O) groups excluding carboxylic acids is 1. The van der Waals surface area contributed by atoms with Crippen LogP contribution in [0.15, 0.2) is 65.5 Å². The molecule has 1 aliphatic carbocycles. The van der Waals surface area contributed by atoms with Gasteiger partial charge in [-0.05, 0) is 40.0 Å². The van der Waals surface area contributed by atoms with Gasteiger partial charge in [-0.2, -0.15) is 0 Å². The third kappa shape index (κ3) is 3.37. The number of hydrogen-bond donors (Lipinski definition) is 1. The maximum absolute atomic E-state index is 13.7. The lowest BCUT2D eigenvalue weighted by Gasteiger charge is -2.09. The molecule has 0 radical (unpaired) electrons. The molecule has 130 valence electrons. The maximum Gasteiger partial charge on any atom is 0.255 e. The van der Waals surface area contributed by atoms with Gasteiger partial charge in [-0.15, -0.1) is 0 Å². The van der Waals surface area contributed by atoms with Crippen LogP contribution in [0, 0.1) is 5.82 Å². The third-order valence-corrected chi connectivity index (χ3v) is 5.13. The number of rotatable bonds is 4. The molecule has 0 unspecified atom stereocenters. The van der Waals surface area contributed by atoms with Crippen LogP contribution in [0.1, 0.15) is 28.3 Å². The smallest absolute Gasteiger partial charge is 0.255 e. The van der Waals surface area contributed by atoms with Gasteiger partial charge in [0.25, 0.3) is 5.91 Å². The molecule has 2 aromatic carbocycles. The van der Waals surface area contributed by atoms with Crippen molar-refractivity contribution >= 4 is 21.8 Å². The van der Waals surface area contributed by atoms with Crippen LogP contribution in [0.2, 0.25) is 0 Å². The number of benzene rings is 2. The van der Waals surface area contributed by atoms with Crippen LogP contribution in [0.5, 0.6) is 0 Å². The molecule has 1 N–H and O–H groups in total. The van der Waals surface area contributed by atoms with E-state index in [-0.39, 0.29) is 23.7 Å². The molecule has 4 nitrogen and oxygen atoms in total. The molecule has 0 spiro atoms. The standard InChI is InChI=1S/C20H15BrFN3O/c21-16-7-6-13(8-17(16)22)14-9-18(14)25-20(26)15-10-23-11-24-19(15)12-4-2-1-3-5-12/h1-8,10-11,14,18H,9H2,(H,25,26)/t14-,18+/m0/s1. The minimum absolute atomic E-state index is 0.00750. The van der Waals surface area contributed by atoms with Crippen LogP contribution >= 0.6 is 15.9 Å². The van der Waals surface area contributed by atoms with Gasteiger partial charge in [0.15, 0.2) is 0 Å². The zero-order valence-electron chi connectivity index (χ0n) is 13.7. The second-order valence-corrected chi connectivity index (χ2v) is 7.10. The van der Waals surface area contributed by atoms with Crippen LogP contribution in [0.25, 0.3) is 11.3 Å². The van der Waals surface area contributed by atoms with Gasteiger partial charge in [0.2, 0.25) is 0 Å².